The lowest BCUT2D eigenvalue weighted by molar-refractivity contribution is -0.127. The van der Waals surface area contributed by atoms with Gasteiger partial charge in [-0.2, -0.15) is 0 Å². The van der Waals surface area contributed by atoms with Crippen molar-refractivity contribution < 1.29 is 14.6 Å². The largest absolute Gasteiger partial charge is 0.389 e. The Kier molecular flexibility index (Phi) is 5.45. The molecule has 3 atom stereocenters. The predicted octanol–water partition coefficient (Wildman–Crippen LogP) is 0.671. The summed E-state index contributed by atoms with van der Waals surface area (Å²) in [6, 6.07) is 0. The number of nitrogens with zero attached hydrogens (tertiary/aromatic N) is 6. The van der Waals surface area contributed by atoms with Gasteiger partial charge in [-0.25, -0.2) is 15.0 Å². The second kappa shape index (κ2) is 8.00. The Balaban J connectivity index is 1.47. The van der Waals surface area contributed by atoms with Crippen LogP contribution in [0.2, 0.25) is 0 Å². The van der Waals surface area contributed by atoms with Gasteiger partial charge in [0.2, 0.25) is 5.91 Å². The fourth-order valence-electron chi connectivity index (χ4n) is 4.25. The zero-order valence-electron chi connectivity index (χ0n) is 16.5. The van der Waals surface area contributed by atoms with Crippen molar-refractivity contribution in [2.24, 2.45) is 5.92 Å². The topological polar surface area (TPSA) is 96.6 Å². The second-order valence-corrected chi connectivity index (χ2v) is 7.89. The number of anilines is 1. The first-order valence-electron chi connectivity index (χ1n) is 9.95. The summed E-state index contributed by atoms with van der Waals surface area (Å²) in [5.74, 6) is 1.33. The average molecular weight is 388 g/mol. The number of aliphatic hydroxyl groups is 1. The van der Waals surface area contributed by atoms with Gasteiger partial charge >= 0.3 is 0 Å². The number of carbonyl (C=O) groups is 1. The molecule has 0 aromatic carbocycles. The molecule has 2 aliphatic rings. The smallest absolute Gasteiger partial charge is 0.219 e. The SMILES string of the molecule is CC(=O)N1CCC(CN(C)c2ncnc3c2ncn3CC(O)C2CCCO2)C1. The van der Waals surface area contributed by atoms with Crippen molar-refractivity contribution in [1.29, 1.82) is 0 Å². The number of aliphatic hydroxyl groups excluding tert-OH is 1. The lowest BCUT2D eigenvalue weighted by Crippen LogP contribution is -2.31. The molecular weight excluding hydrogens is 360 g/mol. The average Bonchev–Trinajstić information content (AvgIpc) is 3.42. The molecule has 9 nitrogen and oxygen atoms in total. The molecule has 1 amide bonds. The quantitative estimate of drug-likeness (QED) is 0.777. The molecule has 152 valence electrons. The summed E-state index contributed by atoms with van der Waals surface area (Å²) in [4.78, 5) is 28.9. The lowest BCUT2D eigenvalue weighted by Gasteiger charge is -2.22. The Bertz CT molecular complexity index is 834. The summed E-state index contributed by atoms with van der Waals surface area (Å²) >= 11 is 0. The predicted molar refractivity (Wildman–Crippen MR) is 104 cm³/mol. The van der Waals surface area contributed by atoms with Crippen LogP contribution in [0.4, 0.5) is 5.82 Å². The molecule has 28 heavy (non-hydrogen) atoms. The fourth-order valence-corrected chi connectivity index (χ4v) is 4.25. The molecule has 0 saturated carbocycles. The number of rotatable bonds is 6. The molecule has 1 N–H and O–H groups in total. The third kappa shape index (κ3) is 3.81. The van der Waals surface area contributed by atoms with Gasteiger partial charge in [0.1, 0.15) is 6.33 Å². The molecule has 4 rings (SSSR count). The number of likely N-dealkylation sites (tertiary alicyclic amines) is 1. The maximum atomic E-state index is 11.6. The Labute approximate surface area is 164 Å². The number of imidazole rings is 1. The van der Waals surface area contributed by atoms with E-state index in [1.807, 2.05) is 16.5 Å². The molecule has 3 unspecified atom stereocenters. The van der Waals surface area contributed by atoms with Crippen LogP contribution in [-0.2, 0) is 16.1 Å². The summed E-state index contributed by atoms with van der Waals surface area (Å²) in [7, 11) is 2.00. The van der Waals surface area contributed by atoms with Crippen LogP contribution < -0.4 is 4.90 Å². The summed E-state index contributed by atoms with van der Waals surface area (Å²) in [5.41, 5.74) is 1.44. The molecule has 0 bridgehead atoms. The molecule has 2 saturated heterocycles. The zero-order chi connectivity index (χ0) is 19.7. The normalized spacial score (nSPS) is 23.5. The molecule has 0 aliphatic carbocycles. The van der Waals surface area contributed by atoms with Crippen molar-refractivity contribution in [3.8, 4) is 0 Å². The first-order chi connectivity index (χ1) is 13.5. The van der Waals surface area contributed by atoms with E-state index in [-0.39, 0.29) is 12.0 Å². The molecule has 0 radical (unpaired) electrons. The van der Waals surface area contributed by atoms with E-state index in [1.54, 1.807) is 19.6 Å². The van der Waals surface area contributed by atoms with Gasteiger partial charge in [-0.15, -0.1) is 0 Å². The minimum Gasteiger partial charge on any atom is -0.389 e. The lowest BCUT2D eigenvalue weighted by atomic mass is 10.1. The van der Waals surface area contributed by atoms with Gasteiger partial charge in [0, 0.05) is 40.2 Å². The van der Waals surface area contributed by atoms with E-state index in [0.29, 0.717) is 24.7 Å². The molecular formula is C19H28N6O3. The van der Waals surface area contributed by atoms with Gasteiger partial charge in [-0.3, -0.25) is 4.79 Å². The second-order valence-electron chi connectivity index (χ2n) is 7.89. The molecule has 4 heterocycles. The zero-order valence-corrected chi connectivity index (χ0v) is 16.5. The highest BCUT2D eigenvalue weighted by atomic mass is 16.5. The maximum Gasteiger partial charge on any atom is 0.219 e. The van der Waals surface area contributed by atoms with E-state index in [4.69, 9.17) is 4.74 Å². The van der Waals surface area contributed by atoms with Crippen LogP contribution in [0.25, 0.3) is 11.2 Å². The van der Waals surface area contributed by atoms with Crippen molar-refractivity contribution >= 4 is 22.9 Å². The first kappa shape index (κ1) is 19.1. The number of hydrogen-bond acceptors (Lipinski definition) is 7. The van der Waals surface area contributed by atoms with Crippen LogP contribution in [0.15, 0.2) is 12.7 Å². The molecule has 2 aromatic heterocycles. The molecule has 2 aliphatic heterocycles. The highest BCUT2D eigenvalue weighted by Crippen LogP contribution is 2.25. The van der Waals surface area contributed by atoms with Crippen LogP contribution in [-0.4, -0.2) is 80.9 Å². The number of fused-ring (bicyclic) bond motifs is 1. The maximum absolute atomic E-state index is 11.6. The standard InChI is InChI=1S/C19H28N6O3/c1-13(26)24-6-5-14(9-24)8-23(2)18-17-19(21-11-20-18)25(12-22-17)10-15(27)16-4-3-7-28-16/h11-12,14-16,27H,3-10H2,1-2H3. The Hall–Kier alpha value is -2.26. The number of ether oxygens (including phenoxy) is 1. The van der Waals surface area contributed by atoms with Gasteiger partial charge in [-0.1, -0.05) is 0 Å². The van der Waals surface area contributed by atoms with Crippen molar-refractivity contribution in [3.05, 3.63) is 12.7 Å². The molecule has 2 aromatic rings. The number of aromatic nitrogens is 4. The van der Waals surface area contributed by atoms with E-state index in [2.05, 4.69) is 19.9 Å². The summed E-state index contributed by atoms with van der Waals surface area (Å²) < 4.78 is 7.45. The molecule has 9 heteroatoms. The third-order valence-electron chi connectivity index (χ3n) is 5.78. The van der Waals surface area contributed by atoms with Crippen molar-refractivity contribution in [2.45, 2.75) is 44.9 Å². The van der Waals surface area contributed by atoms with Crippen LogP contribution in [0.3, 0.4) is 0 Å². The molecule has 2 fully saturated rings. The van der Waals surface area contributed by atoms with E-state index in [9.17, 15) is 9.90 Å². The summed E-state index contributed by atoms with van der Waals surface area (Å²) in [5, 5.41) is 10.5. The Morgan fingerprint density at radius 2 is 2.25 bits per heavy atom. The minimum absolute atomic E-state index is 0.118. The number of amides is 1. The van der Waals surface area contributed by atoms with Crippen LogP contribution in [0.5, 0.6) is 0 Å². The fraction of sp³-hybridized carbons (Fsp3) is 0.684. The minimum atomic E-state index is -0.577. The van der Waals surface area contributed by atoms with Crippen LogP contribution in [0, 0.1) is 5.92 Å². The van der Waals surface area contributed by atoms with Crippen molar-refractivity contribution in [1.82, 2.24) is 24.4 Å². The summed E-state index contributed by atoms with van der Waals surface area (Å²) in [6.07, 6.45) is 5.44. The van der Waals surface area contributed by atoms with Crippen molar-refractivity contribution in [2.75, 3.05) is 38.2 Å². The Morgan fingerprint density at radius 3 is 2.96 bits per heavy atom. The van der Waals surface area contributed by atoms with Gasteiger partial charge in [0.05, 0.1) is 25.1 Å². The number of hydrogen-bond donors (Lipinski definition) is 1. The van der Waals surface area contributed by atoms with E-state index >= 15 is 0 Å². The molecule has 0 spiro atoms. The van der Waals surface area contributed by atoms with Gasteiger partial charge in [0.15, 0.2) is 17.0 Å². The van der Waals surface area contributed by atoms with E-state index in [0.717, 1.165) is 50.2 Å². The Morgan fingerprint density at radius 1 is 1.39 bits per heavy atom. The first-order valence-corrected chi connectivity index (χ1v) is 9.95. The highest BCUT2D eigenvalue weighted by molar-refractivity contribution is 5.83. The van der Waals surface area contributed by atoms with Crippen LogP contribution >= 0.6 is 0 Å². The van der Waals surface area contributed by atoms with Gasteiger partial charge in [0.25, 0.3) is 0 Å². The summed E-state index contributed by atoms with van der Waals surface area (Å²) in [6.45, 7) is 5.15. The van der Waals surface area contributed by atoms with Crippen LogP contribution in [0.1, 0.15) is 26.2 Å². The monoisotopic (exact) mass is 388 g/mol. The third-order valence-corrected chi connectivity index (χ3v) is 5.78. The van der Waals surface area contributed by atoms with E-state index in [1.165, 1.54) is 0 Å². The number of carbonyl (C=O) groups excluding carboxylic acids is 1. The van der Waals surface area contributed by atoms with Gasteiger partial charge < -0.3 is 24.2 Å². The van der Waals surface area contributed by atoms with E-state index < -0.39 is 6.10 Å². The van der Waals surface area contributed by atoms with Gasteiger partial charge in [-0.05, 0) is 25.2 Å². The van der Waals surface area contributed by atoms with Crippen molar-refractivity contribution in [3.63, 3.8) is 0 Å². The highest BCUT2D eigenvalue weighted by Gasteiger charge is 2.27.